The molecule has 0 aliphatic heterocycles. The van der Waals surface area contributed by atoms with Crippen molar-refractivity contribution in [1.82, 2.24) is 9.55 Å². The van der Waals surface area contributed by atoms with Crippen molar-refractivity contribution < 1.29 is 4.42 Å². The molecule has 7 rings (SSSR count). The molecule has 188 valence electrons. The fourth-order valence-corrected chi connectivity index (χ4v) is 5.92. The number of nitriles is 1. The Bertz CT molecular complexity index is 2030. The highest BCUT2D eigenvalue weighted by Crippen LogP contribution is 2.43. The predicted octanol–water partition coefficient (Wildman–Crippen LogP) is 9.21. The van der Waals surface area contributed by atoms with E-state index in [1.54, 1.807) is 0 Å². The van der Waals surface area contributed by atoms with Gasteiger partial charge < -0.3 is 8.98 Å². The third kappa shape index (κ3) is 3.62. The minimum absolute atomic E-state index is 0.0886. The Morgan fingerprint density at radius 3 is 2.10 bits per heavy atom. The SMILES string of the molecule is CC(C)(C)Cc1ccc(-c2ccccn2)c2oc3c(-n4c5ccccc5c5ccccc54)c(C#N)ccc3c12. The van der Waals surface area contributed by atoms with E-state index in [-0.39, 0.29) is 5.41 Å². The Labute approximate surface area is 226 Å². The molecule has 0 aliphatic carbocycles. The van der Waals surface area contributed by atoms with Gasteiger partial charge in [0.05, 0.1) is 22.3 Å². The summed E-state index contributed by atoms with van der Waals surface area (Å²) >= 11 is 0. The van der Waals surface area contributed by atoms with E-state index in [4.69, 9.17) is 4.42 Å². The van der Waals surface area contributed by atoms with Gasteiger partial charge in [0.15, 0.2) is 5.58 Å². The standard InChI is InChI=1S/C35H27N3O/c1-35(2,3)20-22-15-17-26(28-12-8-9-19-37-28)33-31(22)27-18-16-23(21-36)32(34(27)39-33)38-29-13-6-4-10-24(29)25-11-5-7-14-30(25)38/h4-19H,20H2,1-3H3. The first-order valence-electron chi connectivity index (χ1n) is 13.3. The molecule has 4 nitrogen and oxygen atoms in total. The predicted molar refractivity (Wildman–Crippen MR) is 159 cm³/mol. The molecule has 4 aromatic carbocycles. The van der Waals surface area contributed by atoms with Crippen LogP contribution in [0.3, 0.4) is 0 Å². The lowest BCUT2D eigenvalue weighted by Crippen LogP contribution is -2.09. The summed E-state index contributed by atoms with van der Waals surface area (Å²) in [6.45, 7) is 6.77. The van der Waals surface area contributed by atoms with Crippen molar-refractivity contribution in [2.75, 3.05) is 0 Å². The van der Waals surface area contributed by atoms with Gasteiger partial charge in [0.1, 0.15) is 17.3 Å². The molecule has 0 aliphatic rings. The number of para-hydroxylation sites is 2. The molecule has 39 heavy (non-hydrogen) atoms. The maximum absolute atomic E-state index is 10.3. The van der Waals surface area contributed by atoms with Gasteiger partial charge in [0, 0.05) is 33.3 Å². The lowest BCUT2D eigenvalue weighted by Gasteiger charge is -2.19. The Kier molecular flexibility index (Phi) is 5.11. The van der Waals surface area contributed by atoms with Crippen molar-refractivity contribution >= 4 is 43.7 Å². The van der Waals surface area contributed by atoms with Gasteiger partial charge in [0.2, 0.25) is 0 Å². The summed E-state index contributed by atoms with van der Waals surface area (Å²) in [5.41, 5.74) is 8.10. The van der Waals surface area contributed by atoms with Crippen LogP contribution in [0.15, 0.2) is 102 Å². The number of rotatable bonds is 3. The van der Waals surface area contributed by atoms with Crippen molar-refractivity contribution in [3.63, 3.8) is 0 Å². The zero-order chi connectivity index (χ0) is 26.7. The van der Waals surface area contributed by atoms with Gasteiger partial charge in [-0.05, 0) is 59.9 Å². The van der Waals surface area contributed by atoms with Crippen LogP contribution in [0.4, 0.5) is 0 Å². The maximum atomic E-state index is 10.3. The van der Waals surface area contributed by atoms with Crippen LogP contribution in [0.2, 0.25) is 0 Å². The topological polar surface area (TPSA) is 54.8 Å². The highest BCUT2D eigenvalue weighted by atomic mass is 16.3. The maximum Gasteiger partial charge on any atom is 0.160 e. The number of hydrogen-bond donors (Lipinski definition) is 0. The molecule has 3 aromatic heterocycles. The summed E-state index contributed by atoms with van der Waals surface area (Å²) in [5, 5.41) is 14.7. The largest absolute Gasteiger partial charge is 0.453 e. The molecule has 3 heterocycles. The van der Waals surface area contributed by atoms with Crippen molar-refractivity contribution in [2.45, 2.75) is 27.2 Å². The molecular weight excluding hydrogens is 478 g/mol. The van der Waals surface area contributed by atoms with Gasteiger partial charge in [-0.15, -0.1) is 0 Å². The first-order valence-corrected chi connectivity index (χ1v) is 13.3. The molecule has 4 heteroatoms. The summed E-state index contributed by atoms with van der Waals surface area (Å²) in [5.74, 6) is 0. The molecule has 7 aromatic rings. The summed E-state index contributed by atoms with van der Waals surface area (Å²) in [6, 6.07) is 33.4. The lowest BCUT2D eigenvalue weighted by atomic mass is 9.85. The summed E-state index contributed by atoms with van der Waals surface area (Å²) in [6.07, 6.45) is 2.70. The monoisotopic (exact) mass is 505 g/mol. The Morgan fingerprint density at radius 2 is 1.46 bits per heavy atom. The fraction of sp³-hybridized carbons (Fsp3) is 0.143. The van der Waals surface area contributed by atoms with Crippen molar-refractivity contribution in [3.8, 4) is 23.0 Å². The van der Waals surface area contributed by atoms with E-state index >= 15 is 0 Å². The van der Waals surface area contributed by atoms with Crippen LogP contribution in [-0.2, 0) is 6.42 Å². The summed E-state index contributed by atoms with van der Waals surface area (Å²) in [4.78, 5) is 4.64. The number of benzene rings is 4. The van der Waals surface area contributed by atoms with E-state index in [0.29, 0.717) is 11.1 Å². The molecule has 0 amide bonds. The van der Waals surface area contributed by atoms with Crippen LogP contribution >= 0.6 is 0 Å². The molecular formula is C35H27N3O. The number of aromatic nitrogens is 2. The molecule has 0 saturated heterocycles. The molecule has 0 fully saturated rings. The second-order valence-electron chi connectivity index (χ2n) is 11.4. The highest BCUT2D eigenvalue weighted by molar-refractivity contribution is 6.15. The van der Waals surface area contributed by atoms with E-state index in [2.05, 4.69) is 84.9 Å². The third-order valence-corrected chi connectivity index (χ3v) is 7.43. The van der Waals surface area contributed by atoms with Crippen molar-refractivity contribution in [2.24, 2.45) is 5.41 Å². The molecule has 0 radical (unpaired) electrons. The smallest absolute Gasteiger partial charge is 0.160 e. The van der Waals surface area contributed by atoms with Crippen LogP contribution in [0, 0.1) is 16.7 Å². The molecule has 0 atom stereocenters. The number of furan rings is 1. The second-order valence-corrected chi connectivity index (χ2v) is 11.4. The first-order chi connectivity index (χ1) is 18.9. The van der Waals surface area contributed by atoms with Crippen LogP contribution in [-0.4, -0.2) is 9.55 Å². The molecule has 0 saturated carbocycles. The second kappa shape index (κ2) is 8.58. The first kappa shape index (κ1) is 23.3. The fourth-order valence-electron chi connectivity index (χ4n) is 5.92. The van der Waals surface area contributed by atoms with E-state index in [1.807, 2.05) is 48.7 Å². The minimum Gasteiger partial charge on any atom is -0.453 e. The summed E-state index contributed by atoms with van der Waals surface area (Å²) < 4.78 is 9.07. The molecule has 0 N–H and O–H groups in total. The van der Waals surface area contributed by atoms with Crippen molar-refractivity contribution in [1.29, 1.82) is 5.26 Å². The van der Waals surface area contributed by atoms with Gasteiger partial charge in [-0.25, -0.2) is 0 Å². The Balaban J connectivity index is 1.67. The van der Waals surface area contributed by atoms with Crippen LogP contribution in [0.5, 0.6) is 0 Å². The van der Waals surface area contributed by atoms with Gasteiger partial charge in [-0.1, -0.05) is 69.3 Å². The Morgan fingerprint density at radius 1 is 0.769 bits per heavy atom. The molecule has 0 spiro atoms. The number of nitrogens with zero attached hydrogens (tertiary/aromatic N) is 3. The molecule has 0 unspecified atom stereocenters. The van der Waals surface area contributed by atoms with Crippen LogP contribution in [0.25, 0.3) is 60.7 Å². The van der Waals surface area contributed by atoms with Crippen LogP contribution in [0.1, 0.15) is 31.9 Å². The number of pyridine rings is 1. The number of hydrogen-bond acceptors (Lipinski definition) is 3. The van der Waals surface area contributed by atoms with Crippen LogP contribution < -0.4 is 0 Å². The van der Waals surface area contributed by atoms with E-state index in [9.17, 15) is 5.26 Å². The lowest BCUT2D eigenvalue weighted by molar-refractivity contribution is 0.412. The normalized spacial score (nSPS) is 12.1. The van der Waals surface area contributed by atoms with Crippen molar-refractivity contribution in [3.05, 3.63) is 108 Å². The third-order valence-electron chi connectivity index (χ3n) is 7.43. The average Bonchev–Trinajstić information content (AvgIpc) is 3.49. The highest BCUT2D eigenvalue weighted by Gasteiger charge is 2.25. The van der Waals surface area contributed by atoms with E-state index < -0.39 is 0 Å². The zero-order valence-electron chi connectivity index (χ0n) is 22.2. The van der Waals surface area contributed by atoms with Gasteiger partial charge >= 0.3 is 0 Å². The summed E-state index contributed by atoms with van der Waals surface area (Å²) in [7, 11) is 0. The zero-order valence-corrected chi connectivity index (χ0v) is 22.2. The Hall–Kier alpha value is -4.88. The van der Waals surface area contributed by atoms with E-state index in [0.717, 1.165) is 61.5 Å². The number of fused-ring (bicyclic) bond motifs is 6. The molecule has 0 bridgehead atoms. The average molecular weight is 506 g/mol. The van der Waals surface area contributed by atoms with Gasteiger partial charge in [-0.2, -0.15) is 5.26 Å². The van der Waals surface area contributed by atoms with E-state index in [1.165, 1.54) is 5.56 Å². The quantitative estimate of drug-likeness (QED) is 0.240. The van der Waals surface area contributed by atoms with Gasteiger partial charge in [0.25, 0.3) is 0 Å². The minimum atomic E-state index is 0.0886. The van der Waals surface area contributed by atoms with Gasteiger partial charge in [-0.3, -0.25) is 4.98 Å².